The number of nitrogens with zero attached hydrogens (tertiary/aromatic N) is 2. The molecule has 0 aliphatic carbocycles. The highest BCUT2D eigenvalue weighted by Gasteiger charge is 2.09. The van der Waals surface area contributed by atoms with Crippen molar-refractivity contribution < 1.29 is 4.39 Å². The van der Waals surface area contributed by atoms with Crippen LogP contribution in [0.2, 0.25) is 10.0 Å². The topological polar surface area (TPSA) is 63.8 Å². The summed E-state index contributed by atoms with van der Waals surface area (Å²) in [6.45, 7) is 0. The van der Waals surface area contributed by atoms with Gasteiger partial charge in [-0.25, -0.2) is 9.37 Å². The molecule has 0 saturated heterocycles. The number of nitrogens with one attached hydrogen (secondary N) is 1. The van der Waals surface area contributed by atoms with Crippen molar-refractivity contribution in [1.82, 2.24) is 9.97 Å². The van der Waals surface area contributed by atoms with Crippen molar-refractivity contribution in [2.24, 2.45) is 0 Å². The third-order valence-corrected chi connectivity index (χ3v) is 2.51. The molecule has 0 aliphatic rings. The van der Waals surface area contributed by atoms with Gasteiger partial charge in [0.1, 0.15) is 11.6 Å². The van der Waals surface area contributed by atoms with Crippen molar-refractivity contribution in [2.45, 2.75) is 0 Å². The van der Waals surface area contributed by atoms with Gasteiger partial charge in [0.2, 0.25) is 0 Å². The van der Waals surface area contributed by atoms with E-state index in [1.807, 2.05) is 0 Å². The van der Waals surface area contributed by atoms with E-state index in [1.54, 1.807) is 0 Å². The molecule has 0 spiro atoms. The molecule has 2 rings (SSSR count). The fraction of sp³-hybridized carbons (Fsp3) is 0. The first-order valence-corrected chi connectivity index (χ1v) is 5.31. The molecule has 2 aromatic rings. The van der Waals surface area contributed by atoms with Crippen LogP contribution >= 0.6 is 23.2 Å². The minimum absolute atomic E-state index is 0.152. The molecule has 88 valence electrons. The van der Waals surface area contributed by atoms with Gasteiger partial charge in [0.15, 0.2) is 5.82 Å². The molecule has 1 heterocycles. The van der Waals surface area contributed by atoms with E-state index in [0.29, 0.717) is 11.5 Å². The summed E-state index contributed by atoms with van der Waals surface area (Å²) < 4.78 is 13.0. The fourth-order valence-corrected chi connectivity index (χ4v) is 1.79. The van der Waals surface area contributed by atoms with E-state index in [9.17, 15) is 4.39 Å². The predicted octanol–water partition coefficient (Wildman–Crippen LogP) is 3.25. The van der Waals surface area contributed by atoms with E-state index in [-0.39, 0.29) is 15.9 Å². The lowest BCUT2D eigenvalue weighted by molar-refractivity contribution is 0.628. The normalized spacial score (nSPS) is 10.3. The Morgan fingerprint density at radius 2 is 1.82 bits per heavy atom. The maximum atomic E-state index is 13.0. The zero-order valence-electron chi connectivity index (χ0n) is 8.42. The molecule has 0 bridgehead atoms. The number of aromatic nitrogens is 2. The highest BCUT2D eigenvalue weighted by atomic mass is 35.5. The SMILES string of the molecule is Nc1cncc(Nc2c(Cl)cc(F)cc2Cl)n1. The quantitative estimate of drug-likeness (QED) is 0.881. The lowest BCUT2D eigenvalue weighted by Gasteiger charge is -2.09. The van der Waals surface area contributed by atoms with Gasteiger partial charge >= 0.3 is 0 Å². The highest BCUT2D eigenvalue weighted by Crippen LogP contribution is 2.33. The zero-order valence-corrected chi connectivity index (χ0v) is 9.93. The summed E-state index contributed by atoms with van der Waals surface area (Å²) in [6, 6.07) is 2.30. The molecule has 0 atom stereocenters. The lowest BCUT2D eigenvalue weighted by Crippen LogP contribution is -1.99. The van der Waals surface area contributed by atoms with Crippen LogP contribution in [0, 0.1) is 5.82 Å². The van der Waals surface area contributed by atoms with Crippen molar-refractivity contribution in [3.05, 3.63) is 40.4 Å². The average Bonchev–Trinajstić information content (AvgIpc) is 2.23. The van der Waals surface area contributed by atoms with Gasteiger partial charge in [0, 0.05) is 0 Å². The Kier molecular flexibility index (Phi) is 3.31. The second-order valence-corrected chi connectivity index (χ2v) is 4.01. The second-order valence-electron chi connectivity index (χ2n) is 3.20. The smallest absolute Gasteiger partial charge is 0.151 e. The van der Waals surface area contributed by atoms with Gasteiger partial charge in [-0.05, 0) is 12.1 Å². The van der Waals surface area contributed by atoms with Crippen LogP contribution in [0.5, 0.6) is 0 Å². The van der Waals surface area contributed by atoms with Gasteiger partial charge < -0.3 is 11.1 Å². The van der Waals surface area contributed by atoms with Crippen LogP contribution in [0.1, 0.15) is 0 Å². The number of nitrogens with two attached hydrogens (primary N) is 1. The predicted molar refractivity (Wildman–Crippen MR) is 66.1 cm³/mol. The largest absolute Gasteiger partial charge is 0.382 e. The third-order valence-electron chi connectivity index (χ3n) is 1.91. The van der Waals surface area contributed by atoms with E-state index in [0.717, 1.165) is 12.1 Å². The Labute approximate surface area is 107 Å². The first kappa shape index (κ1) is 11.9. The van der Waals surface area contributed by atoms with E-state index >= 15 is 0 Å². The first-order chi connectivity index (χ1) is 8.06. The molecule has 4 nitrogen and oxygen atoms in total. The molecule has 0 saturated carbocycles. The number of hydrogen-bond acceptors (Lipinski definition) is 4. The minimum atomic E-state index is -0.510. The Morgan fingerprint density at radius 1 is 1.18 bits per heavy atom. The lowest BCUT2D eigenvalue weighted by atomic mass is 10.3. The molecule has 17 heavy (non-hydrogen) atoms. The summed E-state index contributed by atoms with van der Waals surface area (Å²) in [4.78, 5) is 7.81. The molecule has 1 aromatic carbocycles. The summed E-state index contributed by atoms with van der Waals surface area (Å²) >= 11 is 11.7. The number of halogens is 3. The molecular weight excluding hydrogens is 266 g/mol. The van der Waals surface area contributed by atoms with Crippen molar-refractivity contribution in [1.29, 1.82) is 0 Å². The number of hydrogen-bond donors (Lipinski definition) is 2. The molecule has 3 N–H and O–H groups in total. The van der Waals surface area contributed by atoms with Crippen LogP contribution in [0.15, 0.2) is 24.5 Å². The summed E-state index contributed by atoms with van der Waals surface area (Å²) in [7, 11) is 0. The van der Waals surface area contributed by atoms with Gasteiger partial charge in [-0.15, -0.1) is 0 Å². The monoisotopic (exact) mass is 272 g/mol. The van der Waals surface area contributed by atoms with Crippen LogP contribution in [0.4, 0.5) is 21.7 Å². The van der Waals surface area contributed by atoms with Crippen LogP contribution in [-0.2, 0) is 0 Å². The van der Waals surface area contributed by atoms with Crippen LogP contribution in [0.25, 0.3) is 0 Å². The van der Waals surface area contributed by atoms with Gasteiger partial charge in [0.05, 0.1) is 28.1 Å². The Hall–Kier alpha value is -1.59. The summed E-state index contributed by atoms with van der Waals surface area (Å²) in [5.41, 5.74) is 5.83. The van der Waals surface area contributed by atoms with Crippen molar-refractivity contribution in [3.63, 3.8) is 0 Å². The van der Waals surface area contributed by atoms with Crippen LogP contribution in [0.3, 0.4) is 0 Å². The van der Waals surface area contributed by atoms with Gasteiger partial charge in [-0.2, -0.15) is 0 Å². The molecule has 0 aliphatic heterocycles. The van der Waals surface area contributed by atoms with Crippen molar-refractivity contribution in [3.8, 4) is 0 Å². The standard InChI is InChI=1S/C10H7Cl2FN4/c11-6-1-5(13)2-7(12)10(6)17-9-4-15-3-8(14)16-9/h1-4H,(H3,14,16,17). The fourth-order valence-electron chi connectivity index (χ4n) is 1.23. The molecule has 0 fully saturated rings. The zero-order chi connectivity index (χ0) is 12.4. The number of benzene rings is 1. The van der Waals surface area contributed by atoms with Crippen molar-refractivity contribution in [2.75, 3.05) is 11.1 Å². The second kappa shape index (κ2) is 4.73. The van der Waals surface area contributed by atoms with Gasteiger partial charge in [-0.1, -0.05) is 23.2 Å². The third kappa shape index (κ3) is 2.75. The van der Waals surface area contributed by atoms with E-state index in [1.165, 1.54) is 12.4 Å². The van der Waals surface area contributed by atoms with E-state index in [4.69, 9.17) is 28.9 Å². The molecular formula is C10H7Cl2FN4. The minimum Gasteiger partial charge on any atom is -0.382 e. The average molecular weight is 273 g/mol. The van der Waals surface area contributed by atoms with Crippen molar-refractivity contribution >= 4 is 40.5 Å². The van der Waals surface area contributed by atoms with Gasteiger partial charge in [-0.3, -0.25) is 4.98 Å². The Morgan fingerprint density at radius 3 is 2.41 bits per heavy atom. The van der Waals surface area contributed by atoms with Gasteiger partial charge in [0.25, 0.3) is 0 Å². The number of rotatable bonds is 2. The molecule has 0 radical (unpaired) electrons. The summed E-state index contributed by atoms with van der Waals surface area (Å²) in [5.74, 6) is 0.119. The number of nitrogen functional groups attached to an aromatic ring is 1. The summed E-state index contributed by atoms with van der Waals surface area (Å²) in [5, 5.41) is 3.13. The molecule has 1 aromatic heterocycles. The highest BCUT2D eigenvalue weighted by molar-refractivity contribution is 6.39. The summed E-state index contributed by atoms with van der Waals surface area (Å²) in [6.07, 6.45) is 2.85. The number of anilines is 3. The molecule has 0 unspecified atom stereocenters. The maximum absolute atomic E-state index is 13.0. The molecule has 0 amide bonds. The maximum Gasteiger partial charge on any atom is 0.151 e. The Bertz CT molecular complexity index is 539. The Balaban J connectivity index is 2.36. The first-order valence-electron chi connectivity index (χ1n) is 4.55. The van der Waals surface area contributed by atoms with E-state index in [2.05, 4.69) is 15.3 Å². The van der Waals surface area contributed by atoms with Crippen LogP contribution in [-0.4, -0.2) is 9.97 Å². The van der Waals surface area contributed by atoms with Crippen LogP contribution < -0.4 is 11.1 Å². The molecule has 7 heteroatoms. The van der Waals surface area contributed by atoms with E-state index < -0.39 is 5.82 Å².